The first-order valence-corrected chi connectivity index (χ1v) is 7.71. The summed E-state index contributed by atoms with van der Waals surface area (Å²) < 4.78 is 17.0. The molecule has 2 aromatic carbocycles. The zero-order valence-corrected chi connectivity index (χ0v) is 13.9. The number of ether oxygens (including phenoxy) is 2. The maximum Gasteiger partial charge on any atom is 0.344 e. The third-order valence-corrected chi connectivity index (χ3v) is 3.63. The minimum atomic E-state index is -0.467. The molecule has 0 radical (unpaired) electrons. The van der Waals surface area contributed by atoms with E-state index < -0.39 is 5.97 Å². The predicted molar refractivity (Wildman–Crippen MR) is 87.4 cm³/mol. The summed E-state index contributed by atoms with van der Waals surface area (Å²) in [6.45, 7) is 2.01. The Morgan fingerprint density at radius 1 is 1.20 bits per heavy atom. The highest BCUT2D eigenvalue weighted by Crippen LogP contribution is 2.26. The van der Waals surface area contributed by atoms with Crippen LogP contribution in [0.15, 0.2) is 53.1 Å². The smallest absolute Gasteiger partial charge is 0.344 e. The van der Waals surface area contributed by atoms with Crippen LogP contribution in [0.4, 0.5) is 0 Å². The summed E-state index contributed by atoms with van der Waals surface area (Å²) in [6, 6.07) is 14.1. The second kappa shape index (κ2) is 7.04. The number of para-hydroxylation sites is 2. The molecule has 0 unspecified atom stereocenters. The molecule has 0 amide bonds. The van der Waals surface area contributed by atoms with Gasteiger partial charge >= 0.3 is 5.97 Å². The van der Waals surface area contributed by atoms with Gasteiger partial charge in [0, 0.05) is 6.07 Å². The van der Waals surface area contributed by atoms with Crippen LogP contribution in [0.2, 0.25) is 0 Å². The van der Waals surface area contributed by atoms with Crippen molar-refractivity contribution in [3.63, 3.8) is 0 Å². The summed E-state index contributed by atoms with van der Waals surface area (Å²) in [5.74, 6) is 0.104. The molecule has 0 saturated heterocycles. The lowest BCUT2D eigenvalue weighted by Gasteiger charge is -2.08. The van der Waals surface area contributed by atoms with Gasteiger partial charge in [0.1, 0.15) is 11.3 Å². The molecule has 0 fully saturated rings. The lowest BCUT2D eigenvalue weighted by atomic mass is 10.1. The average Bonchev–Trinajstić information content (AvgIpc) is 3.03. The standard InChI is InChI=1S/C18H17N3O4/c1-3-24-18(22)12-8-4-6-10-14(12)21-16(17(19)25-20-21)13-9-5-7-11-15(13)23-2/h4-11,19H,3H2,1-2H3. The van der Waals surface area contributed by atoms with Crippen LogP contribution in [-0.4, -0.2) is 19.7 Å². The molecule has 25 heavy (non-hydrogen) atoms. The number of aromatic nitrogens is 2. The molecule has 3 rings (SSSR count). The number of nitrogens with zero attached hydrogens (tertiary/aromatic N) is 2. The van der Waals surface area contributed by atoms with Gasteiger partial charge in [-0.25, -0.2) is 10.1 Å². The van der Waals surface area contributed by atoms with E-state index in [1.54, 1.807) is 50.4 Å². The van der Waals surface area contributed by atoms with Gasteiger partial charge in [0.25, 0.3) is 11.2 Å². The molecule has 7 nitrogen and oxygen atoms in total. The van der Waals surface area contributed by atoms with Crippen molar-refractivity contribution in [3.05, 3.63) is 59.6 Å². The Morgan fingerprint density at radius 3 is 2.68 bits per heavy atom. The first-order chi connectivity index (χ1) is 12.2. The van der Waals surface area contributed by atoms with Gasteiger partial charge < -0.3 is 14.0 Å². The van der Waals surface area contributed by atoms with Crippen molar-refractivity contribution in [3.8, 4) is 22.7 Å². The largest absolute Gasteiger partial charge is 0.496 e. The first kappa shape index (κ1) is 16.5. The second-order valence-electron chi connectivity index (χ2n) is 5.10. The monoisotopic (exact) mass is 339 g/mol. The first-order valence-electron chi connectivity index (χ1n) is 7.71. The number of rotatable bonds is 5. The van der Waals surface area contributed by atoms with E-state index in [4.69, 9.17) is 19.4 Å². The molecular formula is C18H17N3O4. The minimum absolute atomic E-state index is 0.136. The Kier molecular flexibility index (Phi) is 4.65. The summed E-state index contributed by atoms with van der Waals surface area (Å²) in [4.78, 5) is 12.3. The number of carbonyl (C=O) groups is 1. The van der Waals surface area contributed by atoms with Gasteiger partial charge in [-0.1, -0.05) is 24.3 Å². The number of carbonyl (C=O) groups excluding carboxylic acids is 1. The molecule has 3 aromatic rings. The van der Waals surface area contributed by atoms with Crippen molar-refractivity contribution in [1.82, 2.24) is 5.27 Å². The number of nitrogens with one attached hydrogen (secondary N) is 1. The molecule has 0 spiro atoms. The summed E-state index contributed by atoms with van der Waals surface area (Å²) in [5.41, 5.74) is 1.68. The van der Waals surface area contributed by atoms with Crippen molar-refractivity contribution < 1.29 is 23.5 Å². The third kappa shape index (κ3) is 3.03. The molecule has 0 aliphatic heterocycles. The van der Waals surface area contributed by atoms with Crippen LogP contribution in [0, 0.1) is 5.41 Å². The molecular weight excluding hydrogens is 322 g/mol. The molecule has 128 valence electrons. The van der Waals surface area contributed by atoms with Crippen molar-refractivity contribution in [2.24, 2.45) is 0 Å². The zero-order valence-electron chi connectivity index (χ0n) is 13.9. The fourth-order valence-corrected chi connectivity index (χ4v) is 2.54. The van der Waals surface area contributed by atoms with Gasteiger partial charge in [0.15, 0.2) is 0 Å². The molecule has 0 saturated carbocycles. The molecule has 0 aliphatic rings. The lowest BCUT2D eigenvalue weighted by Crippen LogP contribution is -2.39. The summed E-state index contributed by atoms with van der Waals surface area (Å²) in [7, 11) is 1.55. The second-order valence-corrected chi connectivity index (χ2v) is 5.10. The highest BCUT2D eigenvalue weighted by Gasteiger charge is 2.25. The topological polar surface area (TPSA) is 90.5 Å². The van der Waals surface area contributed by atoms with E-state index in [-0.39, 0.29) is 12.2 Å². The molecule has 0 bridgehead atoms. The van der Waals surface area contributed by atoms with Crippen LogP contribution in [0.5, 0.6) is 5.75 Å². The minimum Gasteiger partial charge on any atom is -0.496 e. The van der Waals surface area contributed by atoms with Crippen LogP contribution in [-0.2, 0) is 4.74 Å². The normalized spacial score (nSPS) is 10.5. The van der Waals surface area contributed by atoms with E-state index in [9.17, 15) is 4.79 Å². The maximum atomic E-state index is 12.3. The average molecular weight is 339 g/mol. The molecule has 0 atom stereocenters. The van der Waals surface area contributed by atoms with Gasteiger partial charge in [0.2, 0.25) is 5.69 Å². The van der Waals surface area contributed by atoms with Crippen molar-refractivity contribution in [1.29, 1.82) is 5.41 Å². The van der Waals surface area contributed by atoms with E-state index in [0.717, 1.165) is 0 Å². The van der Waals surface area contributed by atoms with Crippen LogP contribution in [0.1, 0.15) is 17.3 Å². The van der Waals surface area contributed by atoms with E-state index >= 15 is 0 Å². The third-order valence-electron chi connectivity index (χ3n) is 3.63. The molecule has 1 N–H and O–H groups in total. The fourth-order valence-electron chi connectivity index (χ4n) is 2.54. The number of benzene rings is 2. The summed E-state index contributed by atoms with van der Waals surface area (Å²) >= 11 is 0. The number of methoxy groups -OCH3 is 1. The highest BCUT2D eigenvalue weighted by atomic mass is 16.5. The highest BCUT2D eigenvalue weighted by molar-refractivity contribution is 5.92. The van der Waals surface area contributed by atoms with Gasteiger partial charge in [-0.05, 0) is 25.1 Å². The number of esters is 1. The van der Waals surface area contributed by atoms with E-state index in [2.05, 4.69) is 5.27 Å². The van der Waals surface area contributed by atoms with Gasteiger partial charge in [-0.2, -0.15) is 4.68 Å². The molecule has 1 aromatic heterocycles. The number of hydrogen-bond donors (Lipinski definition) is 1. The Bertz CT molecular complexity index is 959. The fraction of sp³-hybridized carbons (Fsp3) is 0.167. The van der Waals surface area contributed by atoms with E-state index in [1.807, 2.05) is 12.1 Å². The Hall–Kier alpha value is -3.35. The van der Waals surface area contributed by atoms with Crippen molar-refractivity contribution >= 4 is 5.97 Å². The Balaban J connectivity index is 2.22. The molecule has 0 aliphatic carbocycles. The molecule has 1 heterocycles. The predicted octanol–water partition coefficient (Wildman–Crippen LogP) is 1.85. The zero-order chi connectivity index (χ0) is 17.8. The number of hydrogen-bond acceptors (Lipinski definition) is 5. The lowest BCUT2D eigenvalue weighted by molar-refractivity contribution is -0.666. The Labute approximate surface area is 143 Å². The van der Waals surface area contributed by atoms with Crippen LogP contribution < -0.4 is 20.2 Å². The van der Waals surface area contributed by atoms with Crippen LogP contribution in [0.25, 0.3) is 16.9 Å². The Morgan fingerprint density at radius 2 is 1.92 bits per heavy atom. The maximum absolute atomic E-state index is 12.3. The molecule has 7 heteroatoms. The van der Waals surface area contributed by atoms with Crippen LogP contribution >= 0.6 is 0 Å². The van der Waals surface area contributed by atoms with Gasteiger partial charge in [-0.15, -0.1) is 0 Å². The quantitative estimate of drug-likeness (QED) is 0.566. The van der Waals surface area contributed by atoms with E-state index in [1.165, 1.54) is 4.68 Å². The van der Waals surface area contributed by atoms with Crippen molar-refractivity contribution in [2.75, 3.05) is 13.7 Å². The van der Waals surface area contributed by atoms with Crippen LogP contribution in [0.3, 0.4) is 0 Å². The summed E-state index contributed by atoms with van der Waals surface area (Å²) in [6.07, 6.45) is 0. The van der Waals surface area contributed by atoms with Gasteiger partial charge in [-0.3, -0.25) is 5.41 Å². The van der Waals surface area contributed by atoms with Gasteiger partial charge in [0.05, 0.1) is 19.3 Å². The van der Waals surface area contributed by atoms with Crippen molar-refractivity contribution in [2.45, 2.75) is 6.92 Å². The summed E-state index contributed by atoms with van der Waals surface area (Å²) in [5, 5.41) is 12.0. The SMILES string of the molecule is CCOC(=O)c1ccccc1-[n+]1[n-]oc(=N)c1-c1ccccc1OC. The van der Waals surface area contributed by atoms with E-state index in [0.29, 0.717) is 28.3 Å².